The molecule has 2 rings (SSSR count). The van der Waals surface area contributed by atoms with Crippen molar-refractivity contribution in [3.8, 4) is 0 Å². The van der Waals surface area contributed by atoms with E-state index >= 15 is 0 Å². The lowest BCUT2D eigenvalue weighted by Gasteiger charge is -2.27. The van der Waals surface area contributed by atoms with Crippen molar-refractivity contribution in [2.45, 2.75) is 6.54 Å². The molecule has 8 heteroatoms. The molecule has 2 heterocycles. The number of nitro groups is 1. The van der Waals surface area contributed by atoms with Gasteiger partial charge in [0, 0.05) is 39.3 Å². The maximum atomic E-state index is 11.5. The summed E-state index contributed by atoms with van der Waals surface area (Å²) in [6, 6.07) is 0. The highest BCUT2D eigenvalue weighted by molar-refractivity contribution is 5.20. The number of hydrogen-bond donors (Lipinski definition) is 1. The Morgan fingerprint density at radius 2 is 2.11 bits per heavy atom. The molecule has 0 spiro atoms. The van der Waals surface area contributed by atoms with Crippen LogP contribution >= 0.6 is 0 Å². The summed E-state index contributed by atoms with van der Waals surface area (Å²) in [4.78, 5) is 27.2. The lowest BCUT2D eigenvalue weighted by Crippen LogP contribution is -2.45. The molecule has 98 valence electrons. The molecule has 1 aliphatic heterocycles. The highest BCUT2D eigenvalue weighted by Gasteiger charge is 2.12. The monoisotopic (exact) mass is 253 g/mol. The second kappa shape index (κ2) is 5.69. The van der Waals surface area contributed by atoms with Crippen molar-refractivity contribution in [1.29, 1.82) is 0 Å². The standard InChI is InChI=1S/C10H15N5O3/c16-10-12-7-9(15(17)18)8-14(10)6-5-13-3-1-11-2-4-13/h7-8,11H,1-6H2. The van der Waals surface area contributed by atoms with Crippen LogP contribution in [-0.4, -0.2) is 52.1 Å². The Kier molecular flexibility index (Phi) is 4.00. The van der Waals surface area contributed by atoms with E-state index in [0.29, 0.717) is 13.1 Å². The minimum atomic E-state index is -0.548. The zero-order valence-corrected chi connectivity index (χ0v) is 9.91. The largest absolute Gasteiger partial charge is 0.348 e. The van der Waals surface area contributed by atoms with Crippen LogP contribution in [0, 0.1) is 10.1 Å². The summed E-state index contributed by atoms with van der Waals surface area (Å²) in [5.41, 5.74) is -0.606. The van der Waals surface area contributed by atoms with Crippen LogP contribution in [0.3, 0.4) is 0 Å². The average molecular weight is 253 g/mol. The summed E-state index contributed by atoms with van der Waals surface area (Å²) in [5, 5.41) is 13.8. The van der Waals surface area contributed by atoms with E-state index in [2.05, 4.69) is 15.2 Å². The van der Waals surface area contributed by atoms with Gasteiger partial charge in [-0.1, -0.05) is 0 Å². The third-order valence-corrected chi connectivity index (χ3v) is 2.92. The highest BCUT2D eigenvalue weighted by Crippen LogP contribution is 2.04. The minimum Gasteiger partial charge on any atom is -0.314 e. The van der Waals surface area contributed by atoms with Gasteiger partial charge in [0.2, 0.25) is 0 Å². The third kappa shape index (κ3) is 3.11. The molecule has 1 saturated heterocycles. The lowest BCUT2D eigenvalue weighted by atomic mass is 10.3. The summed E-state index contributed by atoms with van der Waals surface area (Å²) in [6.45, 7) is 4.84. The van der Waals surface area contributed by atoms with Crippen molar-refractivity contribution in [2.75, 3.05) is 32.7 Å². The van der Waals surface area contributed by atoms with Gasteiger partial charge in [0.15, 0.2) is 0 Å². The number of piperazine rings is 1. The molecule has 0 radical (unpaired) electrons. The highest BCUT2D eigenvalue weighted by atomic mass is 16.6. The maximum absolute atomic E-state index is 11.5. The summed E-state index contributed by atoms with van der Waals surface area (Å²) < 4.78 is 1.29. The first-order valence-electron chi connectivity index (χ1n) is 5.81. The molecule has 0 bridgehead atoms. The van der Waals surface area contributed by atoms with Crippen molar-refractivity contribution < 1.29 is 4.92 Å². The third-order valence-electron chi connectivity index (χ3n) is 2.92. The van der Waals surface area contributed by atoms with Crippen molar-refractivity contribution in [3.05, 3.63) is 33.0 Å². The van der Waals surface area contributed by atoms with Crippen LogP contribution in [0.25, 0.3) is 0 Å². The van der Waals surface area contributed by atoms with Gasteiger partial charge in [-0.25, -0.2) is 4.79 Å². The first-order chi connectivity index (χ1) is 8.66. The molecule has 0 saturated carbocycles. The Labute approximate surface area is 103 Å². The Balaban J connectivity index is 2.01. The molecule has 0 atom stereocenters. The van der Waals surface area contributed by atoms with Crippen LogP contribution in [0.1, 0.15) is 0 Å². The van der Waals surface area contributed by atoms with Gasteiger partial charge < -0.3 is 5.32 Å². The van der Waals surface area contributed by atoms with Crippen LogP contribution in [0.15, 0.2) is 17.2 Å². The maximum Gasteiger partial charge on any atom is 0.348 e. The van der Waals surface area contributed by atoms with Gasteiger partial charge in [-0.05, 0) is 0 Å². The van der Waals surface area contributed by atoms with Gasteiger partial charge in [0.1, 0.15) is 6.20 Å². The zero-order chi connectivity index (χ0) is 13.0. The molecule has 0 amide bonds. The SMILES string of the molecule is O=c1ncc([N+](=O)[O-])cn1CCN1CCNCC1. The predicted octanol–water partition coefficient (Wildman–Crippen LogP) is -0.943. The molecule has 1 aromatic heterocycles. The molecule has 1 aliphatic rings. The molecular formula is C10H15N5O3. The van der Waals surface area contributed by atoms with E-state index in [1.165, 1.54) is 10.8 Å². The van der Waals surface area contributed by atoms with Gasteiger partial charge in [-0.3, -0.25) is 19.6 Å². The van der Waals surface area contributed by atoms with E-state index < -0.39 is 10.6 Å². The van der Waals surface area contributed by atoms with Crippen LogP contribution in [0.5, 0.6) is 0 Å². The van der Waals surface area contributed by atoms with Crippen LogP contribution in [-0.2, 0) is 6.54 Å². The Morgan fingerprint density at radius 3 is 2.78 bits per heavy atom. The molecule has 0 unspecified atom stereocenters. The summed E-state index contributed by atoms with van der Waals surface area (Å²) in [5.74, 6) is 0. The van der Waals surface area contributed by atoms with Crippen molar-refractivity contribution in [1.82, 2.24) is 19.8 Å². The summed E-state index contributed by atoms with van der Waals surface area (Å²) in [6.07, 6.45) is 2.24. The Morgan fingerprint density at radius 1 is 1.39 bits per heavy atom. The molecule has 18 heavy (non-hydrogen) atoms. The Hall–Kier alpha value is -1.80. The number of nitrogens with zero attached hydrogens (tertiary/aromatic N) is 4. The lowest BCUT2D eigenvalue weighted by molar-refractivity contribution is -0.385. The minimum absolute atomic E-state index is 0.157. The molecule has 1 N–H and O–H groups in total. The van der Waals surface area contributed by atoms with Gasteiger partial charge in [0.25, 0.3) is 0 Å². The van der Waals surface area contributed by atoms with E-state index in [4.69, 9.17) is 0 Å². The van der Waals surface area contributed by atoms with Gasteiger partial charge in [-0.2, -0.15) is 4.98 Å². The molecular weight excluding hydrogens is 238 g/mol. The van der Waals surface area contributed by atoms with Gasteiger partial charge >= 0.3 is 11.4 Å². The summed E-state index contributed by atoms with van der Waals surface area (Å²) >= 11 is 0. The first kappa shape index (κ1) is 12.7. The van der Waals surface area contributed by atoms with Crippen LogP contribution in [0.2, 0.25) is 0 Å². The Bertz CT molecular complexity index is 481. The smallest absolute Gasteiger partial charge is 0.314 e. The second-order valence-corrected chi connectivity index (χ2v) is 4.14. The van der Waals surface area contributed by atoms with E-state index in [1.54, 1.807) is 0 Å². The van der Waals surface area contributed by atoms with E-state index in [-0.39, 0.29) is 5.69 Å². The molecule has 0 aliphatic carbocycles. The van der Waals surface area contributed by atoms with Crippen LogP contribution in [0.4, 0.5) is 5.69 Å². The fourth-order valence-corrected chi connectivity index (χ4v) is 1.88. The zero-order valence-electron chi connectivity index (χ0n) is 9.91. The average Bonchev–Trinajstić information content (AvgIpc) is 2.38. The molecule has 1 fully saturated rings. The normalized spacial score (nSPS) is 16.7. The van der Waals surface area contributed by atoms with E-state index in [9.17, 15) is 14.9 Å². The number of hydrogen-bond acceptors (Lipinski definition) is 6. The van der Waals surface area contributed by atoms with Crippen molar-refractivity contribution in [2.24, 2.45) is 0 Å². The van der Waals surface area contributed by atoms with Gasteiger partial charge in [0.05, 0.1) is 11.1 Å². The second-order valence-electron chi connectivity index (χ2n) is 4.14. The van der Waals surface area contributed by atoms with Crippen LogP contribution < -0.4 is 11.0 Å². The van der Waals surface area contributed by atoms with E-state index in [1.807, 2.05) is 0 Å². The number of aromatic nitrogens is 2. The van der Waals surface area contributed by atoms with Gasteiger partial charge in [-0.15, -0.1) is 0 Å². The fraction of sp³-hybridized carbons (Fsp3) is 0.600. The van der Waals surface area contributed by atoms with Crippen molar-refractivity contribution >= 4 is 5.69 Å². The molecule has 8 nitrogen and oxygen atoms in total. The first-order valence-corrected chi connectivity index (χ1v) is 5.81. The quantitative estimate of drug-likeness (QED) is 0.549. The summed E-state index contributed by atoms with van der Waals surface area (Å²) in [7, 11) is 0. The van der Waals surface area contributed by atoms with E-state index in [0.717, 1.165) is 32.4 Å². The topological polar surface area (TPSA) is 93.3 Å². The number of rotatable bonds is 4. The fourth-order valence-electron chi connectivity index (χ4n) is 1.88. The molecule has 0 aromatic carbocycles. The molecule has 1 aromatic rings. The predicted molar refractivity (Wildman–Crippen MR) is 64.5 cm³/mol. The number of nitrogens with one attached hydrogen (secondary N) is 1. The van der Waals surface area contributed by atoms with Crippen molar-refractivity contribution in [3.63, 3.8) is 0 Å².